The van der Waals surface area contributed by atoms with Gasteiger partial charge >= 0.3 is 0 Å². The topological polar surface area (TPSA) is 17.1 Å². The van der Waals surface area contributed by atoms with E-state index in [0.29, 0.717) is 0 Å². The van der Waals surface area contributed by atoms with Crippen molar-refractivity contribution in [2.45, 2.75) is 26.4 Å². The minimum absolute atomic E-state index is 0.0631. The van der Waals surface area contributed by atoms with E-state index in [-0.39, 0.29) is 14.1 Å². The summed E-state index contributed by atoms with van der Waals surface area (Å²) in [4.78, 5) is 0. The predicted molar refractivity (Wildman–Crippen MR) is 76.5 cm³/mol. The van der Waals surface area contributed by atoms with Gasteiger partial charge < -0.3 is 0 Å². The Bertz CT molecular complexity index is 538. The molecule has 0 N–H and O–H groups in total. The lowest BCUT2D eigenvalue weighted by molar-refractivity contribution is 0.595. The van der Waals surface area contributed by atoms with Crippen molar-refractivity contribution in [1.82, 2.24) is 0 Å². The molecule has 0 heterocycles. The smallest absolute Gasteiger partial charge is 0.168 e. The standard InChI is InChI=1S/C16H17OP/c1-11-9-12(2)15(13(3)10-11)16(18-17)14-7-5-4-6-8-14/h4-10,16H,1-3H3. The summed E-state index contributed by atoms with van der Waals surface area (Å²) >= 11 is 0. The van der Waals surface area contributed by atoms with Crippen LogP contribution < -0.4 is 0 Å². The molecule has 1 unspecified atom stereocenters. The molecule has 2 aromatic carbocycles. The first kappa shape index (κ1) is 13.0. The van der Waals surface area contributed by atoms with Gasteiger partial charge in [0.15, 0.2) is 8.46 Å². The van der Waals surface area contributed by atoms with Crippen LogP contribution in [0.4, 0.5) is 0 Å². The van der Waals surface area contributed by atoms with Crippen LogP contribution in [0.5, 0.6) is 0 Å². The number of aryl methyl sites for hydroxylation is 3. The van der Waals surface area contributed by atoms with E-state index in [1.807, 2.05) is 30.3 Å². The second-order valence-electron chi connectivity index (χ2n) is 4.73. The summed E-state index contributed by atoms with van der Waals surface area (Å²) in [6, 6.07) is 14.4. The first-order chi connectivity index (χ1) is 8.63. The Kier molecular flexibility index (Phi) is 3.93. The number of hydrogen-bond donors (Lipinski definition) is 0. The summed E-state index contributed by atoms with van der Waals surface area (Å²) in [6.45, 7) is 6.28. The molecule has 0 saturated carbocycles. The number of benzene rings is 2. The van der Waals surface area contributed by atoms with Crippen LogP contribution in [0.1, 0.15) is 33.5 Å². The van der Waals surface area contributed by atoms with Crippen molar-refractivity contribution < 1.29 is 4.57 Å². The molecule has 0 aliphatic carbocycles. The van der Waals surface area contributed by atoms with Gasteiger partial charge in [-0.05, 0) is 43.0 Å². The molecule has 0 aliphatic heterocycles. The molecule has 18 heavy (non-hydrogen) atoms. The Balaban J connectivity index is 2.56. The van der Waals surface area contributed by atoms with Crippen LogP contribution in [-0.2, 0) is 4.57 Å². The maximum atomic E-state index is 11.6. The molecule has 0 aliphatic rings. The van der Waals surface area contributed by atoms with Crippen LogP contribution in [0.3, 0.4) is 0 Å². The third-order valence-corrected chi connectivity index (χ3v) is 4.00. The molecule has 0 saturated heterocycles. The van der Waals surface area contributed by atoms with Crippen LogP contribution >= 0.6 is 8.46 Å². The van der Waals surface area contributed by atoms with Crippen LogP contribution in [0, 0.1) is 20.8 Å². The zero-order valence-corrected chi connectivity index (χ0v) is 11.9. The number of rotatable bonds is 3. The highest BCUT2D eigenvalue weighted by atomic mass is 31.1. The maximum Gasteiger partial charge on any atom is 0.168 e. The van der Waals surface area contributed by atoms with E-state index in [9.17, 15) is 4.57 Å². The van der Waals surface area contributed by atoms with Gasteiger partial charge in [0.25, 0.3) is 0 Å². The minimum atomic E-state index is -0.0631. The van der Waals surface area contributed by atoms with Crippen molar-refractivity contribution in [3.8, 4) is 0 Å². The fourth-order valence-corrected chi connectivity index (χ4v) is 3.34. The highest BCUT2D eigenvalue weighted by Crippen LogP contribution is 2.38. The summed E-state index contributed by atoms with van der Waals surface area (Å²) in [7, 11) is 0.152. The Labute approximate surface area is 110 Å². The average molecular weight is 256 g/mol. The summed E-state index contributed by atoms with van der Waals surface area (Å²) in [6.07, 6.45) is 0. The SMILES string of the molecule is Cc1cc(C)c(C(P=O)c2ccccc2)c(C)c1. The molecule has 1 atom stereocenters. The van der Waals surface area contributed by atoms with Crippen LogP contribution in [0.15, 0.2) is 42.5 Å². The van der Waals surface area contributed by atoms with E-state index in [2.05, 4.69) is 32.9 Å². The molecule has 2 heteroatoms. The third kappa shape index (κ3) is 2.52. The van der Waals surface area contributed by atoms with Gasteiger partial charge in [-0.3, -0.25) is 4.57 Å². The molecule has 0 fully saturated rings. The Morgan fingerprint density at radius 3 is 2.00 bits per heavy atom. The lowest BCUT2D eigenvalue weighted by Gasteiger charge is -2.17. The Hall–Kier alpha value is -1.46. The van der Waals surface area contributed by atoms with Gasteiger partial charge in [0.05, 0.1) is 5.66 Å². The molecule has 0 amide bonds. The summed E-state index contributed by atoms with van der Waals surface area (Å²) in [5.41, 5.74) is 5.90. The van der Waals surface area contributed by atoms with Crippen LogP contribution in [0.2, 0.25) is 0 Å². The zero-order chi connectivity index (χ0) is 13.1. The van der Waals surface area contributed by atoms with Gasteiger partial charge in [0.2, 0.25) is 0 Å². The maximum absolute atomic E-state index is 11.6. The largest absolute Gasteiger partial charge is 0.274 e. The van der Waals surface area contributed by atoms with Crippen molar-refractivity contribution in [2.24, 2.45) is 0 Å². The monoisotopic (exact) mass is 256 g/mol. The fourth-order valence-electron chi connectivity index (χ4n) is 2.54. The lowest BCUT2D eigenvalue weighted by Crippen LogP contribution is -2.00. The van der Waals surface area contributed by atoms with Gasteiger partial charge in [0.1, 0.15) is 0 Å². The zero-order valence-electron chi connectivity index (χ0n) is 11.0. The van der Waals surface area contributed by atoms with Gasteiger partial charge in [0, 0.05) is 0 Å². The van der Waals surface area contributed by atoms with Crippen molar-refractivity contribution in [1.29, 1.82) is 0 Å². The van der Waals surface area contributed by atoms with E-state index >= 15 is 0 Å². The second-order valence-corrected chi connectivity index (χ2v) is 5.46. The van der Waals surface area contributed by atoms with Gasteiger partial charge in [-0.15, -0.1) is 0 Å². The molecular formula is C16H17OP. The molecule has 0 aromatic heterocycles. The van der Waals surface area contributed by atoms with Crippen LogP contribution in [0.25, 0.3) is 0 Å². The molecule has 2 aromatic rings. The highest BCUT2D eigenvalue weighted by Gasteiger charge is 2.18. The molecule has 0 spiro atoms. The van der Waals surface area contributed by atoms with Crippen molar-refractivity contribution >= 4 is 8.46 Å². The summed E-state index contributed by atoms with van der Waals surface area (Å²) in [5, 5.41) is 0. The number of hydrogen-bond acceptors (Lipinski definition) is 1. The van der Waals surface area contributed by atoms with E-state index in [1.54, 1.807) is 0 Å². The van der Waals surface area contributed by atoms with Gasteiger partial charge in [-0.2, -0.15) is 0 Å². The summed E-state index contributed by atoms with van der Waals surface area (Å²) in [5.74, 6) is 0. The van der Waals surface area contributed by atoms with Crippen LogP contribution in [-0.4, -0.2) is 0 Å². The van der Waals surface area contributed by atoms with Gasteiger partial charge in [-0.25, -0.2) is 0 Å². The van der Waals surface area contributed by atoms with Gasteiger partial charge in [-0.1, -0.05) is 48.0 Å². The second kappa shape index (κ2) is 5.46. The fraction of sp³-hybridized carbons (Fsp3) is 0.250. The van der Waals surface area contributed by atoms with Crippen molar-refractivity contribution in [3.63, 3.8) is 0 Å². The highest BCUT2D eigenvalue weighted by molar-refractivity contribution is 7.24. The molecule has 92 valence electrons. The van der Waals surface area contributed by atoms with E-state index in [4.69, 9.17) is 0 Å². The predicted octanol–water partition coefficient (Wildman–Crippen LogP) is 4.99. The summed E-state index contributed by atoms with van der Waals surface area (Å²) < 4.78 is 11.6. The minimum Gasteiger partial charge on any atom is -0.274 e. The Morgan fingerprint density at radius 1 is 0.944 bits per heavy atom. The molecule has 0 bridgehead atoms. The third-order valence-electron chi connectivity index (χ3n) is 3.23. The normalized spacial score (nSPS) is 12.6. The average Bonchev–Trinajstić information content (AvgIpc) is 2.34. The Morgan fingerprint density at radius 2 is 1.50 bits per heavy atom. The quantitative estimate of drug-likeness (QED) is 0.707. The first-order valence-corrected chi connectivity index (χ1v) is 6.97. The molecule has 2 rings (SSSR count). The van der Waals surface area contributed by atoms with E-state index in [0.717, 1.165) is 5.56 Å². The van der Waals surface area contributed by atoms with Crippen molar-refractivity contribution in [2.75, 3.05) is 0 Å². The van der Waals surface area contributed by atoms with Crippen molar-refractivity contribution in [3.05, 3.63) is 70.3 Å². The molecule has 0 radical (unpaired) electrons. The van der Waals surface area contributed by atoms with E-state index < -0.39 is 0 Å². The first-order valence-electron chi connectivity index (χ1n) is 6.08. The molecule has 1 nitrogen and oxygen atoms in total. The van der Waals surface area contributed by atoms with E-state index in [1.165, 1.54) is 22.3 Å². The lowest BCUT2D eigenvalue weighted by atomic mass is 9.94. The molecular weight excluding hydrogens is 239 g/mol.